The number of rotatable bonds is 7. The number of hydrogen-bond donors (Lipinski definition) is 1. The lowest BCUT2D eigenvalue weighted by atomic mass is 10.1. The smallest absolute Gasteiger partial charge is 0.160 e. The molecule has 1 saturated heterocycles. The van der Waals surface area contributed by atoms with E-state index in [9.17, 15) is 5.11 Å². The molecular formula is C13H24O3. The van der Waals surface area contributed by atoms with Crippen molar-refractivity contribution in [2.45, 2.75) is 63.9 Å². The third-order valence-electron chi connectivity index (χ3n) is 2.96. The molecule has 3 heteroatoms. The molecule has 0 bridgehead atoms. The van der Waals surface area contributed by atoms with E-state index in [1.54, 1.807) is 7.11 Å². The van der Waals surface area contributed by atoms with Crippen molar-refractivity contribution in [2.75, 3.05) is 7.11 Å². The van der Waals surface area contributed by atoms with E-state index in [1.165, 1.54) is 19.3 Å². The molecule has 1 heterocycles. The maximum atomic E-state index is 9.69. The van der Waals surface area contributed by atoms with Crippen LogP contribution < -0.4 is 0 Å². The molecule has 0 aliphatic carbocycles. The highest BCUT2D eigenvalue weighted by Crippen LogP contribution is 2.23. The molecule has 1 fully saturated rings. The lowest BCUT2D eigenvalue weighted by Gasteiger charge is -2.11. The normalized spacial score (nSPS) is 30.3. The summed E-state index contributed by atoms with van der Waals surface area (Å²) in [6.45, 7) is 2.21. The van der Waals surface area contributed by atoms with Gasteiger partial charge >= 0.3 is 0 Å². The minimum atomic E-state index is -0.384. The highest BCUT2D eigenvalue weighted by molar-refractivity contribution is 4.89. The Morgan fingerprint density at radius 3 is 2.81 bits per heavy atom. The molecule has 0 spiro atoms. The molecule has 94 valence electrons. The van der Waals surface area contributed by atoms with Crippen LogP contribution in [0.25, 0.3) is 0 Å². The monoisotopic (exact) mass is 228 g/mol. The fourth-order valence-electron chi connectivity index (χ4n) is 1.91. The topological polar surface area (TPSA) is 38.7 Å². The number of ether oxygens (including phenoxy) is 2. The molecule has 16 heavy (non-hydrogen) atoms. The third kappa shape index (κ3) is 4.64. The highest BCUT2D eigenvalue weighted by Gasteiger charge is 2.32. The second-order valence-corrected chi connectivity index (χ2v) is 4.35. The van der Waals surface area contributed by atoms with E-state index < -0.39 is 0 Å². The van der Waals surface area contributed by atoms with Crippen molar-refractivity contribution in [1.29, 1.82) is 0 Å². The molecule has 0 unspecified atom stereocenters. The third-order valence-corrected chi connectivity index (χ3v) is 2.96. The van der Waals surface area contributed by atoms with Gasteiger partial charge in [-0.05, 0) is 19.3 Å². The predicted molar refractivity (Wildman–Crippen MR) is 64.2 cm³/mol. The summed E-state index contributed by atoms with van der Waals surface area (Å²) in [4.78, 5) is 0. The van der Waals surface area contributed by atoms with Gasteiger partial charge in [0, 0.05) is 13.5 Å². The Labute approximate surface area is 98.4 Å². The molecule has 1 rings (SSSR count). The Morgan fingerprint density at radius 2 is 2.19 bits per heavy atom. The molecule has 1 aliphatic rings. The molecule has 3 atom stereocenters. The number of allylic oxidation sites excluding steroid dienone is 1. The quantitative estimate of drug-likeness (QED) is 0.538. The van der Waals surface area contributed by atoms with Gasteiger partial charge in [0.25, 0.3) is 0 Å². The average Bonchev–Trinajstić information content (AvgIpc) is 2.65. The molecule has 0 amide bonds. The fourth-order valence-corrected chi connectivity index (χ4v) is 1.91. The van der Waals surface area contributed by atoms with Crippen molar-refractivity contribution < 1.29 is 14.6 Å². The van der Waals surface area contributed by atoms with Gasteiger partial charge in [0.2, 0.25) is 0 Å². The Bertz CT molecular complexity index is 203. The van der Waals surface area contributed by atoms with Crippen molar-refractivity contribution in [3.05, 3.63) is 12.2 Å². The molecule has 0 saturated carbocycles. The van der Waals surface area contributed by atoms with Crippen LogP contribution in [-0.2, 0) is 9.47 Å². The molecular weight excluding hydrogens is 204 g/mol. The van der Waals surface area contributed by atoms with Crippen LogP contribution in [0.5, 0.6) is 0 Å². The van der Waals surface area contributed by atoms with Crippen molar-refractivity contribution in [3.63, 3.8) is 0 Å². The van der Waals surface area contributed by atoms with E-state index in [0.29, 0.717) is 6.42 Å². The summed E-state index contributed by atoms with van der Waals surface area (Å²) in [6.07, 6.45) is 9.90. The Hall–Kier alpha value is -0.380. The molecule has 0 aromatic carbocycles. The van der Waals surface area contributed by atoms with E-state index in [0.717, 1.165) is 12.8 Å². The summed E-state index contributed by atoms with van der Waals surface area (Å²) in [6, 6.07) is 0. The number of hydrogen-bond acceptors (Lipinski definition) is 3. The van der Waals surface area contributed by atoms with E-state index in [1.807, 2.05) is 0 Å². The zero-order valence-electron chi connectivity index (χ0n) is 10.4. The molecule has 0 aromatic rings. The summed E-state index contributed by atoms with van der Waals surface area (Å²) in [7, 11) is 1.61. The first kappa shape index (κ1) is 13.7. The van der Waals surface area contributed by atoms with Gasteiger partial charge in [-0.25, -0.2) is 0 Å². The molecule has 0 aromatic heterocycles. The predicted octanol–water partition coefficient (Wildman–Crippen LogP) is 2.64. The first-order valence-corrected chi connectivity index (χ1v) is 6.29. The fraction of sp³-hybridized carbons (Fsp3) is 0.846. The summed E-state index contributed by atoms with van der Waals surface area (Å²) in [5, 5.41) is 9.69. The number of aliphatic hydroxyl groups is 1. The van der Waals surface area contributed by atoms with Crippen molar-refractivity contribution in [3.8, 4) is 0 Å². The number of methoxy groups -OCH3 is 1. The van der Waals surface area contributed by atoms with Gasteiger partial charge < -0.3 is 14.6 Å². The molecule has 0 radical (unpaired) electrons. The Balaban J connectivity index is 2.12. The van der Waals surface area contributed by atoms with Crippen LogP contribution in [0.15, 0.2) is 12.2 Å². The zero-order chi connectivity index (χ0) is 11.8. The second-order valence-electron chi connectivity index (χ2n) is 4.35. The van der Waals surface area contributed by atoms with Crippen LogP contribution >= 0.6 is 0 Å². The van der Waals surface area contributed by atoms with Crippen molar-refractivity contribution >= 4 is 0 Å². The van der Waals surface area contributed by atoms with E-state index in [-0.39, 0.29) is 18.5 Å². The summed E-state index contributed by atoms with van der Waals surface area (Å²) >= 11 is 0. The average molecular weight is 228 g/mol. The van der Waals surface area contributed by atoms with E-state index >= 15 is 0 Å². The van der Waals surface area contributed by atoms with Crippen LogP contribution in [-0.4, -0.2) is 30.7 Å². The first-order valence-electron chi connectivity index (χ1n) is 6.29. The maximum absolute atomic E-state index is 9.69. The zero-order valence-corrected chi connectivity index (χ0v) is 10.4. The molecule has 1 aliphatic heterocycles. The number of unbranched alkanes of at least 4 members (excludes halogenated alkanes) is 3. The second kappa shape index (κ2) is 7.82. The van der Waals surface area contributed by atoms with Gasteiger partial charge in [0.05, 0.1) is 12.2 Å². The minimum absolute atomic E-state index is 0.0904. The van der Waals surface area contributed by atoms with E-state index in [2.05, 4.69) is 19.1 Å². The van der Waals surface area contributed by atoms with Crippen LogP contribution in [0, 0.1) is 0 Å². The summed E-state index contributed by atoms with van der Waals surface area (Å²) in [5.41, 5.74) is 0. The van der Waals surface area contributed by atoms with Gasteiger partial charge in [-0.15, -0.1) is 0 Å². The van der Waals surface area contributed by atoms with Gasteiger partial charge in [0.1, 0.15) is 0 Å². The largest absolute Gasteiger partial charge is 0.390 e. The van der Waals surface area contributed by atoms with Gasteiger partial charge in [-0.3, -0.25) is 0 Å². The molecule has 3 nitrogen and oxygen atoms in total. The standard InChI is InChI=1S/C13H24O3/c1-3-4-5-6-7-8-9-12-11(14)10-13(15-2)16-12/h7-8,11-14H,3-6,9-10H2,1-2H3/b8-7-/t11-,12+,13+/m0/s1. The summed E-state index contributed by atoms with van der Waals surface area (Å²) in [5.74, 6) is 0. The van der Waals surface area contributed by atoms with Crippen LogP contribution in [0.2, 0.25) is 0 Å². The Kier molecular flexibility index (Phi) is 6.69. The van der Waals surface area contributed by atoms with Crippen molar-refractivity contribution in [1.82, 2.24) is 0 Å². The highest BCUT2D eigenvalue weighted by atomic mass is 16.7. The molecule has 1 N–H and O–H groups in total. The minimum Gasteiger partial charge on any atom is -0.390 e. The SMILES string of the molecule is CCCCC/C=C\C[C@H]1O[C@@H](OC)C[C@@H]1O. The Morgan fingerprint density at radius 1 is 1.38 bits per heavy atom. The number of aliphatic hydroxyl groups excluding tert-OH is 1. The van der Waals surface area contributed by atoms with Gasteiger partial charge in [0.15, 0.2) is 6.29 Å². The van der Waals surface area contributed by atoms with Crippen LogP contribution in [0.4, 0.5) is 0 Å². The lowest BCUT2D eigenvalue weighted by molar-refractivity contribution is -0.116. The van der Waals surface area contributed by atoms with E-state index in [4.69, 9.17) is 9.47 Å². The summed E-state index contributed by atoms with van der Waals surface area (Å²) < 4.78 is 10.6. The van der Waals surface area contributed by atoms with Gasteiger partial charge in [-0.1, -0.05) is 31.9 Å². The first-order chi connectivity index (χ1) is 7.77. The van der Waals surface area contributed by atoms with Crippen molar-refractivity contribution in [2.24, 2.45) is 0 Å². The van der Waals surface area contributed by atoms with Crippen LogP contribution in [0.1, 0.15) is 45.4 Å². The maximum Gasteiger partial charge on any atom is 0.160 e. The lowest BCUT2D eigenvalue weighted by Crippen LogP contribution is -2.19. The van der Waals surface area contributed by atoms with Crippen LogP contribution in [0.3, 0.4) is 0 Å². The van der Waals surface area contributed by atoms with Gasteiger partial charge in [-0.2, -0.15) is 0 Å².